The summed E-state index contributed by atoms with van der Waals surface area (Å²) in [6.07, 6.45) is 2.28. The van der Waals surface area contributed by atoms with Crippen LogP contribution >= 0.6 is 23.2 Å². The van der Waals surface area contributed by atoms with Gasteiger partial charge in [-0.2, -0.15) is 4.31 Å². The van der Waals surface area contributed by atoms with E-state index < -0.39 is 16.0 Å². The first-order valence-corrected chi connectivity index (χ1v) is 8.72. The smallest absolute Gasteiger partial charge is 0.337 e. The number of nitrogens with zero attached hydrogens (tertiary/aromatic N) is 1. The molecule has 1 aliphatic carbocycles. The topological polar surface area (TPSA) is 74.7 Å². The minimum Gasteiger partial charge on any atom is -0.478 e. The van der Waals surface area contributed by atoms with Crippen LogP contribution in [0.2, 0.25) is 10.0 Å². The van der Waals surface area contributed by atoms with Gasteiger partial charge in [-0.05, 0) is 31.4 Å². The van der Waals surface area contributed by atoms with Gasteiger partial charge in [-0.15, -0.1) is 0 Å². The van der Waals surface area contributed by atoms with Crippen LogP contribution in [0.15, 0.2) is 17.0 Å². The van der Waals surface area contributed by atoms with Gasteiger partial charge in [-0.1, -0.05) is 30.1 Å². The van der Waals surface area contributed by atoms with Crippen molar-refractivity contribution in [2.75, 3.05) is 6.54 Å². The van der Waals surface area contributed by atoms with Gasteiger partial charge in [-0.3, -0.25) is 0 Å². The summed E-state index contributed by atoms with van der Waals surface area (Å²) in [5, 5.41) is 8.82. The van der Waals surface area contributed by atoms with E-state index in [4.69, 9.17) is 28.3 Å². The van der Waals surface area contributed by atoms with Gasteiger partial charge in [0.05, 0.1) is 10.6 Å². The van der Waals surface area contributed by atoms with Crippen molar-refractivity contribution in [1.29, 1.82) is 0 Å². The second kappa shape index (κ2) is 6.12. The second-order valence-electron chi connectivity index (χ2n) is 4.92. The van der Waals surface area contributed by atoms with Crippen molar-refractivity contribution in [1.82, 2.24) is 4.31 Å². The molecule has 0 saturated heterocycles. The molecule has 0 bridgehead atoms. The van der Waals surface area contributed by atoms with E-state index in [0.717, 1.165) is 18.9 Å². The molecule has 8 heteroatoms. The number of hydrogen-bond acceptors (Lipinski definition) is 3. The summed E-state index contributed by atoms with van der Waals surface area (Å²) in [6.45, 7) is 2.26. The van der Waals surface area contributed by atoms with Crippen LogP contribution in [0.3, 0.4) is 0 Å². The summed E-state index contributed by atoms with van der Waals surface area (Å²) < 4.78 is 26.9. The molecule has 1 aliphatic rings. The molecule has 0 spiro atoms. The molecule has 5 nitrogen and oxygen atoms in total. The minimum atomic E-state index is -3.86. The van der Waals surface area contributed by atoms with Gasteiger partial charge < -0.3 is 5.11 Å². The highest BCUT2D eigenvalue weighted by Gasteiger charge is 2.39. The van der Waals surface area contributed by atoms with Gasteiger partial charge in [-0.25, -0.2) is 13.2 Å². The average molecular weight is 352 g/mol. The molecule has 0 atom stereocenters. The quantitative estimate of drug-likeness (QED) is 0.853. The van der Waals surface area contributed by atoms with Gasteiger partial charge >= 0.3 is 5.97 Å². The van der Waals surface area contributed by atoms with E-state index in [1.807, 2.05) is 6.92 Å². The predicted octanol–water partition coefficient (Wildman–Crippen LogP) is 3.25. The van der Waals surface area contributed by atoms with Crippen LogP contribution < -0.4 is 0 Å². The molecule has 0 aromatic heterocycles. The van der Waals surface area contributed by atoms with Crippen LogP contribution in [0.5, 0.6) is 0 Å². The fourth-order valence-electron chi connectivity index (χ4n) is 2.12. The molecule has 0 radical (unpaired) electrons. The molecule has 1 N–H and O–H groups in total. The lowest BCUT2D eigenvalue weighted by Crippen LogP contribution is -2.34. The predicted molar refractivity (Wildman–Crippen MR) is 80.6 cm³/mol. The number of halogens is 2. The largest absolute Gasteiger partial charge is 0.478 e. The molecule has 1 aromatic rings. The third-order valence-corrected chi connectivity index (χ3v) is 5.93. The minimum absolute atomic E-state index is 0.0294. The molecule has 0 amide bonds. The first-order valence-electron chi connectivity index (χ1n) is 6.53. The van der Waals surface area contributed by atoms with E-state index in [-0.39, 0.29) is 26.5 Å². The Kier molecular flexibility index (Phi) is 4.82. The van der Waals surface area contributed by atoms with Crippen LogP contribution in [-0.4, -0.2) is 36.4 Å². The maximum Gasteiger partial charge on any atom is 0.337 e. The summed E-state index contributed by atoms with van der Waals surface area (Å²) in [6, 6.07) is 2.32. The Balaban J connectivity index is 2.56. The Morgan fingerprint density at radius 1 is 1.38 bits per heavy atom. The Morgan fingerprint density at radius 3 is 2.48 bits per heavy atom. The summed E-state index contributed by atoms with van der Waals surface area (Å²) in [5.74, 6) is -1.31. The van der Waals surface area contributed by atoms with Crippen LogP contribution in [0.4, 0.5) is 0 Å². The Hall–Kier alpha value is -0.820. The van der Waals surface area contributed by atoms with Crippen LogP contribution in [0.1, 0.15) is 36.5 Å². The lowest BCUT2D eigenvalue weighted by Gasteiger charge is -2.22. The number of benzene rings is 1. The van der Waals surface area contributed by atoms with Crippen molar-refractivity contribution in [2.45, 2.75) is 37.1 Å². The number of hydrogen-bond donors (Lipinski definition) is 1. The summed E-state index contributed by atoms with van der Waals surface area (Å²) in [7, 11) is -3.86. The highest BCUT2D eigenvalue weighted by molar-refractivity contribution is 7.89. The number of aromatic carboxylic acids is 1. The normalized spacial score (nSPS) is 15.4. The fourth-order valence-corrected chi connectivity index (χ4v) is 4.77. The standard InChI is InChI=1S/C13H15Cl2NO4S/c1-2-5-16(9-3-4-9)21(19,20)11-7-8(14)6-10(12(11)15)13(17)18/h6-7,9H,2-5H2,1H3,(H,17,18). The summed E-state index contributed by atoms with van der Waals surface area (Å²) in [5.41, 5.74) is -0.310. The van der Waals surface area contributed by atoms with E-state index in [0.29, 0.717) is 13.0 Å². The van der Waals surface area contributed by atoms with Crippen molar-refractivity contribution in [3.63, 3.8) is 0 Å². The maximum absolute atomic E-state index is 12.7. The molecular weight excluding hydrogens is 337 g/mol. The third kappa shape index (κ3) is 3.34. The van der Waals surface area contributed by atoms with E-state index in [9.17, 15) is 13.2 Å². The second-order valence-corrected chi connectivity index (χ2v) is 7.59. The molecule has 116 valence electrons. The van der Waals surface area contributed by atoms with Crippen molar-refractivity contribution < 1.29 is 18.3 Å². The first-order chi connectivity index (χ1) is 9.78. The Bertz CT molecular complexity index is 671. The van der Waals surface area contributed by atoms with E-state index >= 15 is 0 Å². The molecule has 1 saturated carbocycles. The molecule has 21 heavy (non-hydrogen) atoms. The van der Waals surface area contributed by atoms with Crippen LogP contribution in [-0.2, 0) is 10.0 Å². The zero-order chi connectivity index (χ0) is 15.8. The highest BCUT2D eigenvalue weighted by atomic mass is 35.5. The summed E-state index contributed by atoms with van der Waals surface area (Å²) in [4.78, 5) is 10.9. The number of carboxylic acid groups (broad SMARTS) is 1. The number of carbonyl (C=O) groups is 1. The SMILES string of the molecule is CCCN(C1CC1)S(=O)(=O)c1cc(Cl)cc(C(=O)O)c1Cl. The summed E-state index contributed by atoms with van der Waals surface area (Å²) >= 11 is 11.8. The highest BCUT2D eigenvalue weighted by Crippen LogP contribution is 2.36. The van der Waals surface area contributed by atoms with Crippen LogP contribution in [0, 0.1) is 0 Å². The van der Waals surface area contributed by atoms with Crippen molar-refractivity contribution in [2.24, 2.45) is 0 Å². The zero-order valence-electron chi connectivity index (χ0n) is 11.3. The molecule has 1 aromatic carbocycles. The number of rotatable bonds is 6. The molecule has 0 heterocycles. The Labute approximate surface area is 133 Å². The van der Waals surface area contributed by atoms with Crippen molar-refractivity contribution >= 4 is 39.2 Å². The molecule has 0 unspecified atom stereocenters. The lowest BCUT2D eigenvalue weighted by molar-refractivity contribution is 0.0697. The molecule has 1 fully saturated rings. The number of sulfonamides is 1. The Morgan fingerprint density at radius 2 is 2.00 bits per heavy atom. The molecule has 2 rings (SSSR count). The maximum atomic E-state index is 12.7. The van der Waals surface area contributed by atoms with E-state index in [1.54, 1.807) is 0 Å². The van der Waals surface area contributed by atoms with Crippen LogP contribution in [0.25, 0.3) is 0 Å². The van der Waals surface area contributed by atoms with Gasteiger partial charge in [0.1, 0.15) is 4.90 Å². The monoisotopic (exact) mass is 351 g/mol. The van der Waals surface area contributed by atoms with Gasteiger partial charge in [0.2, 0.25) is 10.0 Å². The fraction of sp³-hybridized carbons (Fsp3) is 0.462. The molecular formula is C13H15Cl2NO4S. The first kappa shape index (κ1) is 16.5. The van der Waals surface area contributed by atoms with Crippen molar-refractivity contribution in [3.05, 3.63) is 27.7 Å². The average Bonchev–Trinajstić information content (AvgIpc) is 3.21. The van der Waals surface area contributed by atoms with Gasteiger partial charge in [0, 0.05) is 17.6 Å². The van der Waals surface area contributed by atoms with Gasteiger partial charge in [0.15, 0.2) is 0 Å². The van der Waals surface area contributed by atoms with E-state index in [1.165, 1.54) is 10.4 Å². The third-order valence-electron chi connectivity index (χ3n) is 3.22. The van der Waals surface area contributed by atoms with E-state index in [2.05, 4.69) is 0 Å². The van der Waals surface area contributed by atoms with Crippen molar-refractivity contribution in [3.8, 4) is 0 Å². The lowest BCUT2D eigenvalue weighted by atomic mass is 10.2. The van der Waals surface area contributed by atoms with Gasteiger partial charge in [0.25, 0.3) is 0 Å². The zero-order valence-corrected chi connectivity index (χ0v) is 13.7. The number of carboxylic acids is 1. The molecule has 0 aliphatic heterocycles.